The first-order chi connectivity index (χ1) is 12.0. The summed E-state index contributed by atoms with van der Waals surface area (Å²) in [6, 6.07) is 14.3. The SMILES string of the molecule is COC(=O)c1cccc(CC[C@@H](C)NCC(O)c2cccc(O)c2)c1. The third-order valence-electron chi connectivity index (χ3n) is 4.13. The van der Waals surface area contributed by atoms with Gasteiger partial charge in [0.05, 0.1) is 18.8 Å². The number of benzene rings is 2. The standard InChI is InChI=1S/C20H25NO4/c1-14(21-13-19(23)16-6-4-8-18(22)12-16)9-10-15-5-3-7-17(11-15)20(24)25-2/h3-8,11-12,14,19,21-23H,9-10,13H2,1-2H3/t14-,19?/m1/s1. The first kappa shape index (κ1) is 19.0. The van der Waals surface area contributed by atoms with E-state index in [0.29, 0.717) is 17.7 Å². The second-order valence-corrected chi connectivity index (χ2v) is 6.15. The summed E-state index contributed by atoms with van der Waals surface area (Å²) in [4.78, 5) is 11.6. The average Bonchev–Trinajstić information content (AvgIpc) is 2.64. The summed E-state index contributed by atoms with van der Waals surface area (Å²) in [5, 5.41) is 22.9. The maximum Gasteiger partial charge on any atom is 0.337 e. The molecule has 0 spiro atoms. The lowest BCUT2D eigenvalue weighted by Gasteiger charge is -2.17. The molecule has 134 valence electrons. The largest absolute Gasteiger partial charge is 0.508 e. The van der Waals surface area contributed by atoms with Crippen molar-refractivity contribution < 1.29 is 19.7 Å². The zero-order valence-electron chi connectivity index (χ0n) is 14.6. The zero-order valence-corrected chi connectivity index (χ0v) is 14.6. The summed E-state index contributed by atoms with van der Waals surface area (Å²) in [5.41, 5.74) is 2.32. The number of aliphatic hydroxyl groups is 1. The number of phenols is 1. The van der Waals surface area contributed by atoms with Gasteiger partial charge in [0.15, 0.2) is 0 Å². The topological polar surface area (TPSA) is 78.8 Å². The molecule has 5 nitrogen and oxygen atoms in total. The summed E-state index contributed by atoms with van der Waals surface area (Å²) in [7, 11) is 1.37. The number of hydrogen-bond acceptors (Lipinski definition) is 5. The van der Waals surface area contributed by atoms with E-state index in [1.807, 2.05) is 18.2 Å². The van der Waals surface area contributed by atoms with Crippen molar-refractivity contribution in [2.45, 2.75) is 31.9 Å². The maximum absolute atomic E-state index is 11.6. The normalized spacial score (nSPS) is 13.2. The van der Waals surface area contributed by atoms with Gasteiger partial charge < -0.3 is 20.3 Å². The maximum atomic E-state index is 11.6. The van der Waals surface area contributed by atoms with Gasteiger partial charge in [0, 0.05) is 12.6 Å². The van der Waals surface area contributed by atoms with Crippen molar-refractivity contribution in [3.63, 3.8) is 0 Å². The molecule has 0 aliphatic rings. The van der Waals surface area contributed by atoms with Gasteiger partial charge in [-0.15, -0.1) is 0 Å². The lowest BCUT2D eigenvalue weighted by Crippen LogP contribution is -2.30. The molecule has 1 unspecified atom stereocenters. The second-order valence-electron chi connectivity index (χ2n) is 6.15. The first-order valence-corrected chi connectivity index (χ1v) is 8.37. The second kappa shape index (κ2) is 9.20. The van der Waals surface area contributed by atoms with Gasteiger partial charge in [-0.3, -0.25) is 0 Å². The van der Waals surface area contributed by atoms with Gasteiger partial charge in [-0.2, -0.15) is 0 Å². The molecule has 2 atom stereocenters. The molecule has 0 fully saturated rings. The van der Waals surface area contributed by atoms with Crippen LogP contribution in [0.4, 0.5) is 0 Å². The lowest BCUT2D eigenvalue weighted by molar-refractivity contribution is 0.0600. The molecule has 25 heavy (non-hydrogen) atoms. The Kier molecular flexibility index (Phi) is 6.98. The van der Waals surface area contributed by atoms with E-state index in [1.165, 1.54) is 7.11 Å². The smallest absolute Gasteiger partial charge is 0.337 e. The fourth-order valence-electron chi connectivity index (χ4n) is 2.62. The van der Waals surface area contributed by atoms with E-state index >= 15 is 0 Å². The number of carbonyl (C=O) groups is 1. The van der Waals surface area contributed by atoms with Gasteiger partial charge in [0.2, 0.25) is 0 Å². The number of aromatic hydroxyl groups is 1. The van der Waals surface area contributed by atoms with E-state index in [1.54, 1.807) is 30.3 Å². The Morgan fingerprint density at radius 1 is 1.20 bits per heavy atom. The highest BCUT2D eigenvalue weighted by Crippen LogP contribution is 2.18. The summed E-state index contributed by atoms with van der Waals surface area (Å²) in [5.74, 6) is -0.183. The molecule has 2 aromatic carbocycles. The van der Waals surface area contributed by atoms with Crippen LogP contribution in [0.2, 0.25) is 0 Å². The van der Waals surface area contributed by atoms with Crippen LogP contribution in [0, 0.1) is 0 Å². The van der Waals surface area contributed by atoms with Gasteiger partial charge >= 0.3 is 5.97 Å². The average molecular weight is 343 g/mol. The molecule has 0 aliphatic carbocycles. The highest BCUT2D eigenvalue weighted by atomic mass is 16.5. The Labute approximate surface area is 148 Å². The Morgan fingerprint density at radius 3 is 2.68 bits per heavy atom. The van der Waals surface area contributed by atoms with Crippen LogP contribution in [0.1, 0.15) is 40.9 Å². The molecule has 0 saturated heterocycles. The summed E-state index contributed by atoms with van der Waals surface area (Å²) >= 11 is 0. The van der Waals surface area contributed by atoms with E-state index in [9.17, 15) is 15.0 Å². The molecular weight excluding hydrogens is 318 g/mol. The molecule has 0 aromatic heterocycles. The van der Waals surface area contributed by atoms with Crippen LogP contribution in [0.15, 0.2) is 48.5 Å². The molecule has 0 saturated carbocycles. The van der Waals surface area contributed by atoms with Crippen LogP contribution in [0.25, 0.3) is 0 Å². The van der Waals surface area contributed by atoms with Gasteiger partial charge in [-0.25, -0.2) is 4.79 Å². The van der Waals surface area contributed by atoms with E-state index in [0.717, 1.165) is 18.4 Å². The Balaban J connectivity index is 1.81. The number of ether oxygens (including phenoxy) is 1. The van der Waals surface area contributed by atoms with Gasteiger partial charge in [-0.1, -0.05) is 24.3 Å². The summed E-state index contributed by atoms with van der Waals surface area (Å²) in [6.45, 7) is 2.46. The fourth-order valence-corrected chi connectivity index (χ4v) is 2.62. The molecule has 5 heteroatoms. The minimum Gasteiger partial charge on any atom is -0.508 e. The number of aryl methyl sites for hydroxylation is 1. The van der Waals surface area contributed by atoms with E-state index in [-0.39, 0.29) is 17.8 Å². The van der Waals surface area contributed by atoms with E-state index in [4.69, 9.17) is 4.74 Å². The number of methoxy groups -OCH3 is 1. The fraction of sp³-hybridized carbons (Fsp3) is 0.350. The predicted octanol–water partition coefficient (Wildman–Crippen LogP) is 2.82. The number of aliphatic hydroxyl groups excluding tert-OH is 1. The molecule has 2 rings (SSSR count). The quantitative estimate of drug-likeness (QED) is 0.643. The molecule has 0 aliphatic heterocycles. The number of esters is 1. The predicted molar refractivity (Wildman–Crippen MR) is 96.6 cm³/mol. The Bertz CT molecular complexity index is 702. The molecule has 0 amide bonds. The van der Waals surface area contributed by atoms with Gasteiger partial charge in [-0.05, 0) is 55.2 Å². The number of nitrogens with one attached hydrogen (secondary N) is 1. The molecule has 3 N–H and O–H groups in total. The number of phenolic OH excluding ortho intramolecular Hbond substituents is 1. The van der Waals surface area contributed by atoms with E-state index in [2.05, 4.69) is 12.2 Å². The van der Waals surface area contributed by atoms with Crippen molar-refractivity contribution in [3.05, 3.63) is 65.2 Å². The summed E-state index contributed by atoms with van der Waals surface area (Å²) < 4.78 is 4.74. The molecule has 2 aromatic rings. The van der Waals surface area contributed by atoms with Crippen LogP contribution in [0.5, 0.6) is 5.75 Å². The summed E-state index contributed by atoms with van der Waals surface area (Å²) in [6.07, 6.45) is 1.02. The monoisotopic (exact) mass is 343 g/mol. The first-order valence-electron chi connectivity index (χ1n) is 8.37. The molecule has 0 heterocycles. The van der Waals surface area contributed by atoms with Crippen molar-refractivity contribution >= 4 is 5.97 Å². The molecule has 0 radical (unpaired) electrons. The number of carbonyl (C=O) groups excluding carboxylic acids is 1. The van der Waals surface area contributed by atoms with Crippen LogP contribution >= 0.6 is 0 Å². The Morgan fingerprint density at radius 2 is 1.96 bits per heavy atom. The third-order valence-corrected chi connectivity index (χ3v) is 4.13. The highest BCUT2D eigenvalue weighted by Gasteiger charge is 2.11. The van der Waals surface area contributed by atoms with Crippen LogP contribution in [0.3, 0.4) is 0 Å². The lowest BCUT2D eigenvalue weighted by atomic mass is 10.0. The minimum absolute atomic E-state index is 0.148. The Hall–Kier alpha value is -2.37. The highest BCUT2D eigenvalue weighted by molar-refractivity contribution is 5.89. The van der Waals surface area contributed by atoms with Crippen molar-refractivity contribution in [1.29, 1.82) is 0 Å². The molecule has 0 bridgehead atoms. The van der Waals surface area contributed by atoms with Crippen molar-refractivity contribution in [3.8, 4) is 5.75 Å². The van der Waals surface area contributed by atoms with Gasteiger partial charge in [0.25, 0.3) is 0 Å². The van der Waals surface area contributed by atoms with Crippen molar-refractivity contribution in [2.75, 3.05) is 13.7 Å². The van der Waals surface area contributed by atoms with Crippen molar-refractivity contribution in [2.24, 2.45) is 0 Å². The van der Waals surface area contributed by atoms with Crippen LogP contribution < -0.4 is 5.32 Å². The van der Waals surface area contributed by atoms with E-state index < -0.39 is 6.10 Å². The number of hydrogen-bond donors (Lipinski definition) is 3. The third kappa shape index (κ3) is 5.89. The minimum atomic E-state index is -0.669. The van der Waals surface area contributed by atoms with Gasteiger partial charge in [0.1, 0.15) is 5.75 Å². The van der Waals surface area contributed by atoms with Crippen LogP contribution in [-0.2, 0) is 11.2 Å². The number of rotatable bonds is 8. The zero-order chi connectivity index (χ0) is 18.2. The van der Waals surface area contributed by atoms with Crippen molar-refractivity contribution in [1.82, 2.24) is 5.32 Å². The van der Waals surface area contributed by atoms with Crippen LogP contribution in [-0.4, -0.2) is 35.9 Å². The molecular formula is C20H25NO4.